The Labute approximate surface area is 114 Å². The fraction of sp³-hybridized carbons (Fsp3) is 0.615. The number of aromatic nitrogens is 2. The lowest BCUT2D eigenvalue weighted by Gasteiger charge is -2.11. The normalized spacial score (nSPS) is 10.6. The molecule has 6 nitrogen and oxygen atoms in total. The van der Waals surface area contributed by atoms with Crippen LogP contribution in [0.3, 0.4) is 0 Å². The second kappa shape index (κ2) is 7.68. The zero-order valence-corrected chi connectivity index (χ0v) is 12.0. The molecule has 0 aliphatic rings. The maximum atomic E-state index is 11.9. The van der Waals surface area contributed by atoms with Gasteiger partial charge in [0, 0.05) is 32.4 Å². The van der Waals surface area contributed by atoms with E-state index in [9.17, 15) is 4.79 Å². The van der Waals surface area contributed by atoms with Crippen LogP contribution in [0.25, 0.3) is 0 Å². The summed E-state index contributed by atoms with van der Waals surface area (Å²) in [6.45, 7) is 7.00. The third-order valence-corrected chi connectivity index (χ3v) is 2.32. The molecule has 1 rings (SSSR count). The summed E-state index contributed by atoms with van der Waals surface area (Å²) in [5.41, 5.74) is 0.382. The third-order valence-electron chi connectivity index (χ3n) is 2.32. The lowest BCUT2D eigenvalue weighted by Crippen LogP contribution is -2.26. The zero-order chi connectivity index (χ0) is 14.3. The number of rotatable bonds is 7. The fourth-order valence-corrected chi connectivity index (χ4v) is 1.56. The molecular weight excluding hydrogens is 244 g/mol. The van der Waals surface area contributed by atoms with Crippen LogP contribution in [0.1, 0.15) is 36.6 Å². The van der Waals surface area contributed by atoms with E-state index in [-0.39, 0.29) is 11.9 Å². The fourth-order valence-electron chi connectivity index (χ4n) is 1.56. The second-order valence-corrected chi connectivity index (χ2v) is 4.59. The number of ether oxygens (including phenoxy) is 1. The number of anilines is 1. The molecule has 0 atom stereocenters. The van der Waals surface area contributed by atoms with Crippen molar-refractivity contribution in [3.05, 3.63) is 17.6 Å². The van der Waals surface area contributed by atoms with E-state index in [1.807, 2.05) is 13.8 Å². The molecule has 1 aromatic heterocycles. The van der Waals surface area contributed by atoms with Gasteiger partial charge < -0.3 is 15.4 Å². The number of hydrogen-bond acceptors (Lipinski definition) is 5. The minimum atomic E-state index is -0.187. The summed E-state index contributed by atoms with van der Waals surface area (Å²) in [7, 11) is 1.64. The summed E-state index contributed by atoms with van der Waals surface area (Å²) in [6, 6.07) is 1.92. The molecular formula is C13H22N4O2. The van der Waals surface area contributed by atoms with Gasteiger partial charge in [-0.2, -0.15) is 0 Å². The van der Waals surface area contributed by atoms with Gasteiger partial charge in [-0.05, 0) is 27.2 Å². The molecule has 1 aromatic rings. The highest BCUT2D eigenvalue weighted by Gasteiger charge is 2.10. The van der Waals surface area contributed by atoms with Gasteiger partial charge in [0.1, 0.15) is 17.3 Å². The predicted molar refractivity (Wildman–Crippen MR) is 74.4 cm³/mol. The van der Waals surface area contributed by atoms with E-state index in [1.54, 1.807) is 20.1 Å². The van der Waals surface area contributed by atoms with Crippen LogP contribution in [-0.4, -0.2) is 42.2 Å². The Hall–Kier alpha value is -1.69. The van der Waals surface area contributed by atoms with Crippen molar-refractivity contribution in [2.24, 2.45) is 0 Å². The second-order valence-electron chi connectivity index (χ2n) is 4.59. The first-order valence-corrected chi connectivity index (χ1v) is 6.42. The van der Waals surface area contributed by atoms with Gasteiger partial charge in [0.05, 0.1) is 0 Å². The van der Waals surface area contributed by atoms with Crippen molar-refractivity contribution in [2.75, 3.05) is 25.6 Å². The molecule has 0 radical (unpaired) electrons. The lowest BCUT2D eigenvalue weighted by atomic mass is 10.3. The maximum Gasteiger partial charge on any atom is 0.270 e. The standard InChI is InChI=1S/C13H22N4O2/c1-9(2)15-12-8-11(16-10(3)17-12)13(18)14-6-5-7-19-4/h8-9H,5-7H2,1-4H3,(H,14,18)(H,15,16,17). The van der Waals surface area contributed by atoms with Gasteiger partial charge in [-0.15, -0.1) is 0 Å². The summed E-state index contributed by atoms with van der Waals surface area (Å²) >= 11 is 0. The molecule has 106 valence electrons. The summed E-state index contributed by atoms with van der Waals surface area (Å²) < 4.78 is 4.92. The molecule has 0 bridgehead atoms. The lowest BCUT2D eigenvalue weighted by molar-refractivity contribution is 0.0943. The van der Waals surface area contributed by atoms with E-state index in [1.165, 1.54) is 0 Å². The van der Waals surface area contributed by atoms with E-state index in [4.69, 9.17) is 4.74 Å². The van der Waals surface area contributed by atoms with Gasteiger partial charge in [-0.25, -0.2) is 9.97 Å². The maximum absolute atomic E-state index is 11.9. The molecule has 0 fully saturated rings. The Kier molecular flexibility index (Phi) is 6.21. The van der Waals surface area contributed by atoms with Crippen molar-refractivity contribution < 1.29 is 9.53 Å². The Bertz CT molecular complexity index is 421. The Balaban J connectivity index is 2.65. The number of methoxy groups -OCH3 is 1. The number of nitrogens with one attached hydrogen (secondary N) is 2. The molecule has 0 spiro atoms. The van der Waals surface area contributed by atoms with Crippen molar-refractivity contribution in [1.29, 1.82) is 0 Å². The first-order valence-electron chi connectivity index (χ1n) is 6.42. The smallest absolute Gasteiger partial charge is 0.270 e. The topological polar surface area (TPSA) is 76.1 Å². The Morgan fingerprint density at radius 2 is 2.16 bits per heavy atom. The average Bonchev–Trinajstić information content (AvgIpc) is 2.32. The van der Waals surface area contributed by atoms with Crippen molar-refractivity contribution >= 4 is 11.7 Å². The summed E-state index contributed by atoms with van der Waals surface area (Å²) in [5, 5.41) is 5.97. The van der Waals surface area contributed by atoms with Crippen LogP contribution in [0.4, 0.5) is 5.82 Å². The minimum absolute atomic E-state index is 0.187. The van der Waals surface area contributed by atoms with Crippen LogP contribution in [0, 0.1) is 6.92 Å². The zero-order valence-electron chi connectivity index (χ0n) is 12.0. The van der Waals surface area contributed by atoms with Crippen molar-refractivity contribution in [2.45, 2.75) is 33.2 Å². The van der Waals surface area contributed by atoms with Crippen molar-refractivity contribution in [3.8, 4) is 0 Å². The van der Waals surface area contributed by atoms with Gasteiger partial charge in [-0.1, -0.05) is 0 Å². The third kappa shape index (κ3) is 5.65. The number of hydrogen-bond donors (Lipinski definition) is 2. The van der Waals surface area contributed by atoms with Crippen LogP contribution in [0.5, 0.6) is 0 Å². The quantitative estimate of drug-likeness (QED) is 0.729. The van der Waals surface area contributed by atoms with Gasteiger partial charge in [0.25, 0.3) is 5.91 Å². The molecule has 6 heteroatoms. The average molecular weight is 266 g/mol. The van der Waals surface area contributed by atoms with Crippen LogP contribution in [0.15, 0.2) is 6.07 Å². The van der Waals surface area contributed by atoms with Crippen LogP contribution >= 0.6 is 0 Å². The largest absolute Gasteiger partial charge is 0.385 e. The minimum Gasteiger partial charge on any atom is -0.385 e. The SMILES string of the molecule is COCCCNC(=O)c1cc(NC(C)C)nc(C)n1. The summed E-state index contributed by atoms with van der Waals surface area (Å²) in [5.74, 6) is 1.06. The number of aryl methyl sites for hydroxylation is 1. The van der Waals surface area contributed by atoms with E-state index in [0.717, 1.165) is 6.42 Å². The highest BCUT2D eigenvalue weighted by molar-refractivity contribution is 5.92. The molecule has 0 aliphatic carbocycles. The highest BCUT2D eigenvalue weighted by atomic mass is 16.5. The first kappa shape index (κ1) is 15.4. The number of nitrogens with zero attached hydrogens (tertiary/aromatic N) is 2. The van der Waals surface area contributed by atoms with Gasteiger partial charge >= 0.3 is 0 Å². The molecule has 2 N–H and O–H groups in total. The van der Waals surface area contributed by atoms with Crippen molar-refractivity contribution in [1.82, 2.24) is 15.3 Å². The molecule has 0 aromatic carbocycles. The predicted octanol–water partition coefficient (Wildman–Crippen LogP) is 1.37. The molecule has 1 heterocycles. The molecule has 0 saturated heterocycles. The van der Waals surface area contributed by atoms with Crippen LogP contribution in [0.2, 0.25) is 0 Å². The Morgan fingerprint density at radius 3 is 2.79 bits per heavy atom. The molecule has 0 aliphatic heterocycles. The van der Waals surface area contributed by atoms with Gasteiger partial charge in [0.15, 0.2) is 0 Å². The van der Waals surface area contributed by atoms with E-state index >= 15 is 0 Å². The van der Waals surface area contributed by atoms with E-state index < -0.39 is 0 Å². The monoisotopic (exact) mass is 266 g/mol. The van der Waals surface area contributed by atoms with Crippen LogP contribution < -0.4 is 10.6 Å². The molecule has 0 unspecified atom stereocenters. The summed E-state index contributed by atoms with van der Waals surface area (Å²) in [4.78, 5) is 20.3. The molecule has 0 saturated carbocycles. The first-order chi connectivity index (χ1) is 9.02. The summed E-state index contributed by atoms with van der Waals surface area (Å²) in [6.07, 6.45) is 0.781. The van der Waals surface area contributed by atoms with Crippen LogP contribution in [-0.2, 0) is 4.74 Å². The molecule has 1 amide bonds. The number of carbonyl (C=O) groups is 1. The highest BCUT2D eigenvalue weighted by Crippen LogP contribution is 2.08. The number of carbonyl (C=O) groups excluding carboxylic acids is 1. The molecule has 19 heavy (non-hydrogen) atoms. The Morgan fingerprint density at radius 1 is 1.42 bits per heavy atom. The van der Waals surface area contributed by atoms with Gasteiger partial charge in [0.2, 0.25) is 0 Å². The van der Waals surface area contributed by atoms with E-state index in [0.29, 0.717) is 30.5 Å². The number of amides is 1. The van der Waals surface area contributed by atoms with Crippen molar-refractivity contribution in [3.63, 3.8) is 0 Å². The van der Waals surface area contributed by atoms with E-state index in [2.05, 4.69) is 20.6 Å². The van der Waals surface area contributed by atoms with Gasteiger partial charge in [-0.3, -0.25) is 4.79 Å².